The lowest BCUT2D eigenvalue weighted by Gasteiger charge is -2.18. The van der Waals surface area contributed by atoms with Gasteiger partial charge in [-0.3, -0.25) is 14.4 Å². The third-order valence-electron chi connectivity index (χ3n) is 9.73. The van der Waals surface area contributed by atoms with Gasteiger partial charge in [0.15, 0.2) is 6.10 Å². The Hall–Kier alpha value is -4.97. The number of unbranched alkanes of at least 4 members (excludes halogenated alkanes) is 12. The Morgan fingerprint density at radius 3 is 1.06 bits per heavy atom. The predicted octanol–water partition coefficient (Wildman–Crippen LogP) is 16.6. The van der Waals surface area contributed by atoms with E-state index >= 15 is 0 Å². The molecule has 0 fully saturated rings. The summed E-state index contributed by atoms with van der Waals surface area (Å²) in [5.41, 5.74) is 0. The minimum atomic E-state index is -0.830. The fourth-order valence-electron chi connectivity index (χ4n) is 6.05. The highest BCUT2D eigenvalue weighted by Crippen LogP contribution is 2.12. The van der Waals surface area contributed by atoms with Gasteiger partial charge in [-0.05, 0) is 96.3 Å². The van der Waals surface area contributed by atoms with Crippen molar-refractivity contribution in [2.24, 2.45) is 0 Å². The fourth-order valence-corrected chi connectivity index (χ4v) is 6.05. The maximum absolute atomic E-state index is 12.8. The van der Waals surface area contributed by atoms with Crippen molar-refractivity contribution in [1.29, 1.82) is 0 Å². The maximum atomic E-state index is 12.8. The topological polar surface area (TPSA) is 78.9 Å². The van der Waals surface area contributed by atoms with Crippen LogP contribution in [-0.2, 0) is 28.6 Å². The quantitative estimate of drug-likeness (QED) is 0.0200. The summed E-state index contributed by atoms with van der Waals surface area (Å²) >= 11 is 0. The molecule has 0 aromatic heterocycles. The predicted molar refractivity (Wildman–Crippen MR) is 278 cm³/mol. The van der Waals surface area contributed by atoms with Crippen LogP contribution in [0.15, 0.2) is 158 Å². The van der Waals surface area contributed by atoms with Crippen molar-refractivity contribution in [3.05, 3.63) is 158 Å². The number of ether oxygens (including phenoxy) is 3. The first-order chi connectivity index (χ1) is 32.0. The van der Waals surface area contributed by atoms with Crippen molar-refractivity contribution >= 4 is 17.9 Å². The zero-order valence-electron chi connectivity index (χ0n) is 40.9. The van der Waals surface area contributed by atoms with E-state index in [0.717, 1.165) is 116 Å². The molecule has 0 aromatic carbocycles. The van der Waals surface area contributed by atoms with E-state index in [2.05, 4.69) is 93.7 Å². The van der Waals surface area contributed by atoms with Gasteiger partial charge in [-0.1, -0.05) is 217 Å². The van der Waals surface area contributed by atoms with Crippen LogP contribution in [0.25, 0.3) is 0 Å². The van der Waals surface area contributed by atoms with Crippen molar-refractivity contribution in [3.63, 3.8) is 0 Å². The molecule has 0 rings (SSSR count). The van der Waals surface area contributed by atoms with Gasteiger partial charge in [0.25, 0.3) is 0 Å². The summed E-state index contributed by atoms with van der Waals surface area (Å²) in [6.45, 7) is 6.12. The molecule has 0 bridgehead atoms. The van der Waals surface area contributed by atoms with Crippen molar-refractivity contribution in [2.45, 2.75) is 181 Å². The minimum absolute atomic E-state index is 0.124. The molecule has 0 saturated heterocycles. The number of carbonyl (C=O) groups is 3. The molecule has 0 N–H and O–H groups in total. The van der Waals surface area contributed by atoms with E-state index in [4.69, 9.17) is 14.2 Å². The van der Waals surface area contributed by atoms with Gasteiger partial charge in [-0.15, -0.1) is 0 Å². The van der Waals surface area contributed by atoms with E-state index in [1.54, 1.807) is 0 Å². The number of carbonyl (C=O) groups excluding carboxylic acids is 3. The smallest absolute Gasteiger partial charge is 0.306 e. The van der Waals surface area contributed by atoms with E-state index in [1.165, 1.54) is 12.8 Å². The second-order valence-corrected chi connectivity index (χ2v) is 15.8. The van der Waals surface area contributed by atoms with Crippen LogP contribution in [0, 0.1) is 0 Å². The highest BCUT2D eigenvalue weighted by molar-refractivity contribution is 5.71. The van der Waals surface area contributed by atoms with Gasteiger partial charge < -0.3 is 14.2 Å². The van der Waals surface area contributed by atoms with E-state index in [1.807, 2.05) is 85.1 Å². The summed E-state index contributed by atoms with van der Waals surface area (Å²) in [7, 11) is 0. The highest BCUT2D eigenvalue weighted by Gasteiger charge is 2.19. The first-order valence-corrected chi connectivity index (χ1v) is 25.1. The Labute approximate surface area is 397 Å². The van der Waals surface area contributed by atoms with Gasteiger partial charge in [0.05, 0.1) is 0 Å². The van der Waals surface area contributed by atoms with Gasteiger partial charge in [-0.25, -0.2) is 0 Å². The lowest BCUT2D eigenvalue weighted by Crippen LogP contribution is -2.30. The van der Waals surface area contributed by atoms with Crippen LogP contribution >= 0.6 is 0 Å². The largest absolute Gasteiger partial charge is 0.462 e. The first kappa shape index (κ1) is 60.0. The number of esters is 3. The number of hydrogen-bond acceptors (Lipinski definition) is 6. The molecule has 6 nitrogen and oxygen atoms in total. The number of hydrogen-bond donors (Lipinski definition) is 0. The lowest BCUT2D eigenvalue weighted by atomic mass is 10.1. The molecular weight excluding hydrogens is 805 g/mol. The Morgan fingerprint density at radius 2 is 0.631 bits per heavy atom. The van der Waals surface area contributed by atoms with Crippen LogP contribution in [0.3, 0.4) is 0 Å². The molecule has 0 aliphatic heterocycles. The van der Waals surface area contributed by atoms with Crippen molar-refractivity contribution < 1.29 is 28.6 Å². The molecule has 65 heavy (non-hydrogen) atoms. The van der Waals surface area contributed by atoms with Crippen LogP contribution in [0.1, 0.15) is 175 Å². The molecule has 0 radical (unpaired) electrons. The molecule has 6 heteroatoms. The molecule has 0 amide bonds. The average molecular weight is 893 g/mol. The lowest BCUT2D eigenvalue weighted by molar-refractivity contribution is -0.167. The maximum Gasteiger partial charge on any atom is 0.306 e. The molecule has 0 heterocycles. The molecule has 1 atom stereocenters. The van der Waals surface area contributed by atoms with Crippen LogP contribution in [-0.4, -0.2) is 37.2 Å². The zero-order chi connectivity index (χ0) is 47.2. The third kappa shape index (κ3) is 49.9. The second-order valence-electron chi connectivity index (χ2n) is 15.8. The van der Waals surface area contributed by atoms with E-state index in [9.17, 15) is 14.4 Å². The Balaban J connectivity index is 4.57. The monoisotopic (exact) mass is 893 g/mol. The fraction of sp³-hybridized carbons (Fsp3) is 0.508. The molecule has 1 unspecified atom stereocenters. The van der Waals surface area contributed by atoms with Gasteiger partial charge >= 0.3 is 17.9 Å². The summed E-state index contributed by atoms with van der Waals surface area (Å²) in [5.74, 6) is -1.04. The third-order valence-corrected chi connectivity index (χ3v) is 9.73. The molecule has 0 saturated carbocycles. The first-order valence-electron chi connectivity index (χ1n) is 25.1. The van der Waals surface area contributed by atoms with Crippen LogP contribution < -0.4 is 0 Å². The van der Waals surface area contributed by atoms with E-state index < -0.39 is 6.10 Å². The Bertz CT molecular complexity index is 1540. The number of allylic oxidation sites excluding steroid dienone is 26. The molecule has 0 spiro atoms. The van der Waals surface area contributed by atoms with Crippen LogP contribution in [0.2, 0.25) is 0 Å². The van der Waals surface area contributed by atoms with Crippen molar-refractivity contribution in [2.75, 3.05) is 13.2 Å². The molecule has 0 aromatic rings. The highest BCUT2D eigenvalue weighted by atomic mass is 16.6. The molecule has 360 valence electrons. The van der Waals surface area contributed by atoms with Gasteiger partial charge in [-0.2, -0.15) is 0 Å². The van der Waals surface area contributed by atoms with Gasteiger partial charge in [0.1, 0.15) is 13.2 Å². The van der Waals surface area contributed by atoms with Crippen molar-refractivity contribution in [3.8, 4) is 0 Å². The molecular formula is C59H88O6. The Kier molecular flexibility index (Phi) is 47.7. The van der Waals surface area contributed by atoms with Gasteiger partial charge in [0.2, 0.25) is 0 Å². The van der Waals surface area contributed by atoms with Crippen LogP contribution in [0.4, 0.5) is 0 Å². The molecule has 0 aliphatic rings. The average Bonchev–Trinajstić information content (AvgIpc) is 3.30. The zero-order valence-corrected chi connectivity index (χ0v) is 40.9. The van der Waals surface area contributed by atoms with Crippen LogP contribution in [0.5, 0.6) is 0 Å². The summed E-state index contributed by atoms with van der Waals surface area (Å²) in [6, 6.07) is 0. The second kappa shape index (κ2) is 51.7. The summed E-state index contributed by atoms with van der Waals surface area (Å²) in [5, 5.41) is 0. The molecule has 0 aliphatic carbocycles. The normalized spacial score (nSPS) is 13.5. The Morgan fingerprint density at radius 1 is 0.323 bits per heavy atom. The summed E-state index contributed by atoms with van der Waals surface area (Å²) < 4.78 is 16.7. The summed E-state index contributed by atoms with van der Waals surface area (Å²) in [4.78, 5) is 38.0. The van der Waals surface area contributed by atoms with Gasteiger partial charge in [0, 0.05) is 19.3 Å². The van der Waals surface area contributed by atoms with E-state index in [-0.39, 0.29) is 37.5 Å². The minimum Gasteiger partial charge on any atom is -0.462 e. The van der Waals surface area contributed by atoms with E-state index in [0.29, 0.717) is 19.3 Å². The summed E-state index contributed by atoms with van der Waals surface area (Å²) in [6.07, 6.45) is 75.1. The standard InChI is InChI=1S/C59H88O6/c1-4-7-10-13-16-19-22-25-27-28-29-30-32-34-37-40-43-46-49-52-58(61)64-55-56(54-63-57(60)51-48-45-42-39-36-33-24-21-18-15-12-9-6-3)65-59(62)53-50-47-44-41-38-35-31-26-23-20-17-14-11-8-5-2/h7-12,14-21,23-27,29-31,33,35-36,38,56H,4-6,13,22,28,32,34,37,39-55H2,1-3H3/b10-7-,11-8-,12-9-,17-14-,18-15-,19-16-,23-20-,24-21-,27-25-,30-29-,31-26-,36-33-,38-35-. The van der Waals surface area contributed by atoms with Crippen molar-refractivity contribution in [1.82, 2.24) is 0 Å². The number of rotatable bonds is 42. The SMILES string of the molecule is CC\C=C/C=C\C=C/C=C\C=C/CCCCCC(=O)OC(COC(=O)CCCCC\C=C/C=C\C=C/C=C\CC)COC(=O)CCCCCCCC/C=C\C/C=C\C/C=C\C/C=C\CC.